The topological polar surface area (TPSA) is 77.3 Å². The van der Waals surface area contributed by atoms with Crippen molar-refractivity contribution in [3.05, 3.63) is 11.8 Å². The Morgan fingerprint density at radius 1 is 1.27 bits per heavy atom. The van der Waals surface area contributed by atoms with Crippen molar-refractivity contribution in [3.8, 4) is 0 Å². The van der Waals surface area contributed by atoms with Crippen molar-refractivity contribution in [2.45, 2.75) is 26.9 Å². The number of azo groups is 1. The number of amides is 1. The van der Waals surface area contributed by atoms with E-state index in [-0.39, 0.29) is 11.8 Å². The standard InChI is InChI=1S/C9H14N2O4/c1-6(2)15-8(12)5-7(3)10-11-9(13)14-4/h5-6H,1-4H3/b7-5-,11-10?. The second kappa shape index (κ2) is 6.69. The zero-order valence-electron chi connectivity index (χ0n) is 9.18. The highest BCUT2D eigenvalue weighted by atomic mass is 16.5. The number of carbonyl (C=O) groups excluding carboxylic acids is 2. The quantitative estimate of drug-likeness (QED) is 0.409. The number of methoxy groups -OCH3 is 1. The van der Waals surface area contributed by atoms with Crippen molar-refractivity contribution in [3.63, 3.8) is 0 Å². The minimum atomic E-state index is -0.819. The van der Waals surface area contributed by atoms with Gasteiger partial charge >= 0.3 is 12.1 Å². The fourth-order valence-corrected chi connectivity index (χ4v) is 0.626. The van der Waals surface area contributed by atoms with Crippen molar-refractivity contribution in [2.24, 2.45) is 10.2 Å². The molecule has 0 atom stereocenters. The number of ether oxygens (including phenoxy) is 2. The van der Waals surface area contributed by atoms with Crippen LogP contribution in [-0.2, 0) is 14.3 Å². The number of allylic oxidation sites excluding steroid dienone is 1. The van der Waals surface area contributed by atoms with Gasteiger partial charge in [0.1, 0.15) is 0 Å². The van der Waals surface area contributed by atoms with E-state index in [1.165, 1.54) is 14.0 Å². The van der Waals surface area contributed by atoms with Gasteiger partial charge in [-0.1, -0.05) is 5.11 Å². The molecular weight excluding hydrogens is 200 g/mol. The summed E-state index contributed by atoms with van der Waals surface area (Å²) in [5.41, 5.74) is 0.269. The molecule has 0 aliphatic carbocycles. The molecule has 6 nitrogen and oxygen atoms in total. The first-order chi connectivity index (χ1) is 6.95. The Morgan fingerprint density at radius 3 is 2.33 bits per heavy atom. The van der Waals surface area contributed by atoms with Gasteiger partial charge in [-0.05, 0) is 20.8 Å². The third-order valence-corrected chi connectivity index (χ3v) is 1.14. The maximum Gasteiger partial charge on any atom is 0.452 e. The van der Waals surface area contributed by atoms with Crippen LogP contribution in [0.1, 0.15) is 20.8 Å². The van der Waals surface area contributed by atoms with Crippen molar-refractivity contribution in [1.29, 1.82) is 0 Å². The van der Waals surface area contributed by atoms with E-state index in [0.717, 1.165) is 6.08 Å². The maximum absolute atomic E-state index is 11.1. The second-order valence-electron chi connectivity index (χ2n) is 2.94. The molecule has 0 heterocycles. The lowest BCUT2D eigenvalue weighted by atomic mass is 10.4. The highest BCUT2D eigenvalue weighted by Gasteiger charge is 2.02. The molecule has 1 amide bonds. The number of esters is 1. The zero-order valence-corrected chi connectivity index (χ0v) is 9.18. The van der Waals surface area contributed by atoms with Crippen LogP contribution in [0, 0.1) is 0 Å². The van der Waals surface area contributed by atoms with Crippen LogP contribution in [0.2, 0.25) is 0 Å². The largest absolute Gasteiger partial charge is 0.460 e. The molecule has 0 aromatic rings. The van der Waals surface area contributed by atoms with E-state index in [0.29, 0.717) is 0 Å². The fraction of sp³-hybridized carbons (Fsp3) is 0.556. The van der Waals surface area contributed by atoms with Crippen molar-refractivity contribution >= 4 is 12.1 Å². The SMILES string of the molecule is COC(=O)N=N/C(C)=C\C(=O)OC(C)C. The molecule has 0 saturated carbocycles. The second-order valence-corrected chi connectivity index (χ2v) is 2.94. The molecular formula is C9H14N2O4. The van der Waals surface area contributed by atoms with Crippen LogP contribution in [0.4, 0.5) is 4.79 Å². The highest BCUT2D eigenvalue weighted by Crippen LogP contribution is 1.99. The molecule has 6 heteroatoms. The van der Waals surface area contributed by atoms with Gasteiger partial charge < -0.3 is 9.47 Å². The van der Waals surface area contributed by atoms with Gasteiger partial charge in [-0.15, -0.1) is 5.11 Å². The van der Waals surface area contributed by atoms with Crippen LogP contribution in [0.25, 0.3) is 0 Å². The molecule has 0 saturated heterocycles. The Labute approximate surface area is 88.0 Å². The summed E-state index contributed by atoms with van der Waals surface area (Å²) in [5.74, 6) is -0.522. The van der Waals surface area contributed by atoms with E-state index < -0.39 is 12.1 Å². The maximum atomic E-state index is 11.1. The van der Waals surface area contributed by atoms with Crippen LogP contribution in [0.15, 0.2) is 22.0 Å². The molecule has 0 rings (SSSR count). The molecule has 0 aromatic heterocycles. The lowest BCUT2D eigenvalue weighted by Gasteiger charge is -2.03. The Morgan fingerprint density at radius 2 is 1.87 bits per heavy atom. The minimum Gasteiger partial charge on any atom is -0.460 e. The van der Waals surface area contributed by atoms with Crippen molar-refractivity contribution in [1.82, 2.24) is 0 Å². The van der Waals surface area contributed by atoms with Gasteiger partial charge in [-0.25, -0.2) is 9.59 Å². The predicted molar refractivity (Wildman–Crippen MR) is 52.2 cm³/mol. The van der Waals surface area contributed by atoms with Gasteiger partial charge in [0, 0.05) is 6.08 Å². The summed E-state index contributed by atoms with van der Waals surface area (Å²) in [6.45, 7) is 4.99. The van der Waals surface area contributed by atoms with Gasteiger partial charge in [0.25, 0.3) is 0 Å². The third-order valence-electron chi connectivity index (χ3n) is 1.14. The van der Waals surface area contributed by atoms with Crippen LogP contribution in [-0.4, -0.2) is 25.3 Å². The lowest BCUT2D eigenvalue weighted by Crippen LogP contribution is -2.08. The molecule has 84 valence electrons. The first-order valence-corrected chi connectivity index (χ1v) is 4.34. The molecule has 0 fully saturated rings. The molecule has 0 bridgehead atoms. The molecule has 0 radical (unpaired) electrons. The predicted octanol–water partition coefficient (Wildman–Crippen LogP) is 2.06. The first-order valence-electron chi connectivity index (χ1n) is 4.34. The van der Waals surface area contributed by atoms with Crippen LogP contribution >= 0.6 is 0 Å². The molecule has 0 N–H and O–H groups in total. The van der Waals surface area contributed by atoms with Gasteiger partial charge in [-0.2, -0.15) is 0 Å². The van der Waals surface area contributed by atoms with E-state index in [1.54, 1.807) is 13.8 Å². The Kier molecular flexibility index (Phi) is 5.92. The molecule has 0 spiro atoms. The third kappa shape index (κ3) is 7.36. The monoisotopic (exact) mass is 214 g/mol. The summed E-state index contributed by atoms with van der Waals surface area (Å²) in [4.78, 5) is 21.6. The summed E-state index contributed by atoms with van der Waals surface area (Å²) in [6.07, 6.45) is 0.131. The molecule has 15 heavy (non-hydrogen) atoms. The summed E-state index contributed by atoms with van der Waals surface area (Å²) in [6, 6.07) is 0. The smallest absolute Gasteiger partial charge is 0.452 e. The van der Waals surface area contributed by atoms with E-state index in [9.17, 15) is 9.59 Å². The summed E-state index contributed by atoms with van der Waals surface area (Å²) in [7, 11) is 1.19. The van der Waals surface area contributed by atoms with Crippen molar-refractivity contribution in [2.75, 3.05) is 7.11 Å². The number of nitrogens with zero attached hydrogens (tertiary/aromatic N) is 2. The van der Waals surface area contributed by atoms with Gasteiger partial charge in [0.2, 0.25) is 0 Å². The number of carbonyl (C=O) groups is 2. The van der Waals surface area contributed by atoms with Crippen molar-refractivity contribution < 1.29 is 19.1 Å². The van der Waals surface area contributed by atoms with Crippen LogP contribution in [0.3, 0.4) is 0 Å². The molecule has 0 unspecified atom stereocenters. The van der Waals surface area contributed by atoms with Crippen LogP contribution < -0.4 is 0 Å². The lowest BCUT2D eigenvalue weighted by molar-refractivity contribution is -0.141. The molecule has 0 aliphatic heterocycles. The normalized spacial score (nSPS) is 11.9. The Hall–Kier alpha value is -1.72. The van der Waals surface area contributed by atoms with Gasteiger partial charge in [0.05, 0.1) is 18.9 Å². The van der Waals surface area contributed by atoms with Gasteiger partial charge in [-0.3, -0.25) is 0 Å². The number of hydrogen-bond donors (Lipinski definition) is 0. The highest BCUT2D eigenvalue weighted by molar-refractivity contribution is 5.82. The average molecular weight is 214 g/mol. The summed E-state index contributed by atoms with van der Waals surface area (Å²) in [5, 5.41) is 6.62. The molecule has 0 aromatic carbocycles. The van der Waals surface area contributed by atoms with Gasteiger partial charge in [0.15, 0.2) is 0 Å². The Balaban J connectivity index is 4.25. The van der Waals surface area contributed by atoms with Crippen LogP contribution in [0.5, 0.6) is 0 Å². The van der Waals surface area contributed by atoms with E-state index in [4.69, 9.17) is 4.74 Å². The first kappa shape index (κ1) is 13.3. The summed E-state index contributed by atoms with van der Waals surface area (Å²) >= 11 is 0. The number of hydrogen-bond acceptors (Lipinski definition) is 5. The summed E-state index contributed by atoms with van der Waals surface area (Å²) < 4.78 is 9.05. The van der Waals surface area contributed by atoms with E-state index in [1.807, 2.05) is 0 Å². The van der Waals surface area contributed by atoms with E-state index in [2.05, 4.69) is 15.0 Å². The minimum absolute atomic E-state index is 0.195. The average Bonchev–Trinajstić information content (AvgIpc) is 2.12. The van der Waals surface area contributed by atoms with E-state index >= 15 is 0 Å². The Bertz CT molecular complexity index is 294. The fourth-order valence-electron chi connectivity index (χ4n) is 0.626. The zero-order chi connectivity index (χ0) is 11.8. The number of rotatable bonds is 3. The molecule has 0 aliphatic rings.